The van der Waals surface area contributed by atoms with Crippen molar-refractivity contribution in [2.24, 2.45) is 5.92 Å². The molecule has 2 aromatic rings. The molecule has 0 spiro atoms. The largest absolute Gasteiger partial charge is 0.465 e. The van der Waals surface area contributed by atoms with Gasteiger partial charge in [-0.3, -0.25) is 4.90 Å². The number of hydrogen-bond donors (Lipinski definition) is 2. The molecule has 174 valence electrons. The first-order valence-electron chi connectivity index (χ1n) is 11.6. The molecular weight excluding hydrogens is 430 g/mol. The number of amides is 1. The third-order valence-electron chi connectivity index (χ3n) is 7.63. The van der Waals surface area contributed by atoms with E-state index < -0.39 is 29.9 Å². The van der Waals surface area contributed by atoms with E-state index in [2.05, 4.69) is 15.2 Å². The molecule has 9 heteroatoms. The zero-order chi connectivity index (χ0) is 22.7. The first-order chi connectivity index (χ1) is 16.0. The van der Waals surface area contributed by atoms with Crippen molar-refractivity contribution in [3.05, 3.63) is 58.7 Å². The standard InChI is InChI=1S/C24H26F2N4O3/c25-14-3-4-19(26)16(6-14)22-21(29-24(31)32)7-15(11-33-22)30-9-13-5-20-17(18(13)10-30)8-27-23(28-20)12-1-2-12/h3-4,6,8,12-13,15,18,21-22,29H,1-2,5,7,9-11H2,(H,31,32)/t13?,15-,18?,21+,22-/m1/s1. The van der Waals surface area contributed by atoms with Crippen molar-refractivity contribution in [1.82, 2.24) is 20.2 Å². The Bertz CT molecular complexity index is 1100. The molecule has 7 nitrogen and oxygen atoms in total. The summed E-state index contributed by atoms with van der Waals surface area (Å²) in [6.45, 7) is 2.06. The molecule has 2 aliphatic carbocycles. The minimum atomic E-state index is -1.21. The first kappa shape index (κ1) is 20.9. The number of ether oxygens (including phenoxy) is 1. The van der Waals surface area contributed by atoms with Crippen LogP contribution >= 0.6 is 0 Å². The highest BCUT2D eigenvalue weighted by atomic mass is 19.1. The van der Waals surface area contributed by atoms with E-state index in [4.69, 9.17) is 9.72 Å². The molecule has 6 rings (SSSR count). The molecule has 2 aliphatic heterocycles. The molecule has 1 aromatic carbocycles. The Morgan fingerprint density at radius 2 is 2.06 bits per heavy atom. The van der Waals surface area contributed by atoms with Gasteiger partial charge < -0.3 is 15.2 Å². The zero-order valence-corrected chi connectivity index (χ0v) is 18.1. The quantitative estimate of drug-likeness (QED) is 0.734. The molecule has 1 saturated carbocycles. The highest BCUT2D eigenvalue weighted by Crippen LogP contribution is 2.45. The van der Waals surface area contributed by atoms with Gasteiger partial charge >= 0.3 is 6.09 Å². The van der Waals surface area contributed by atoms with Crippen molar-refractivity contribution in [3.63, 3.8) is 0 Å². The van der Waals surface area contributed by atoms with Crippen molar-refractivity contribution in [2.75, 3.05) is 19.7 Å². The first-order valence-corrected chi connectivity index (χ1v) is 11.6. The molecule has 33 heavy (non-hydrogen) atoms. The lowest BCUT2D eigenvalue weighted by molar-refractivity contribution is -0.0550. The Kier molecular flexibility index (Phi) is 5.06. The number of carbonyl (C=O) groups is 1. The SMILES string of the molecule is O=C(O)N[C@H]1C[C@@H](N2CC3Cc4nc(C5CC5)ncc4C3C2)CO[C@@H]1c1cc(F)ccc1F. The van der Waals surface area contributed by atoms with Crippen LogP contribution in [0.2, 0.25) is 0 Å². The second kappa shape index (κ2) is 7.99. The molecule has 1 aromatic heterocycles. The van der Waals surface area contributed by atoms with Crippen molar-refractivity contribution in [1.29, 1.82) is 0 Å². The fraction of sp³-hybridized carbons (Fsp3) is 0.542. The summed E-state index contributed by atoms with van der Waals surface area (Å²) in [5, 5.41) is 11.8. The Labute approximate surface area is 190 Å². The van der Waals surface area contributed by atoms with Crippen LogP contribution in [0.1, 0.15) is 59.8 Å². The van der Waals surface area contributed by atoms with E-state index in [0.717, 1.165) is 43.5 Å². The number of benzene rings is 1. The lowest BCUT2D eigenvalue weighted by Crippen LogP contribution is -2.51. The molecule has 3 heterocycles. The molecule has 0 radical (unpaired) electrons. The monoisotopic (exact) mass is 456 g/mol. The van der Waals surface area contributed by atoms with Crippen LogP contribution in [0.5, 0.6) is 0 Å². The number of nitrogens with zero attached hydrogens (tertiary/aromatic N) is 3. The molecule has 0 bridgehead atoms. The molecule has 1 amide bonds. The summed E-state index contributed by atoms with van der Waals surface area (Å²) in [5.41, 5.74) is 2.47. The third-order valence-corrected chi connectivity index (χ3v) is 7.63. The average Bonchev–Trinajstić information content (AvgIpc) is 3.47. The summed E-state index contributed by atoms with van der Waals surface area (Å²) in [4.78, 5) is 23.2. The number of fused-ring (bicyclic) bond motifs is 3. The van der Waals surface area contributed by atoms with E-state index in [-0.39, 0.29) is 11.6 Å². The van der Waals surface area contributed by atoms with Gasteiger partial charge in [0.05, 0.1) is 12.6 Å². The number of nitrogens with one attached hydrogen (secondary N) is 1. The van der Waals surface area contributed by atoms with E-state index in [9.17, 15) is 18.7 Å². The van der Waals surface area contributed by atoms with Crippen LogP contribution < -0.4 is 5.32 Å². The Hall–Kier alpha value is -2.65. The Morgan fingerprint density at radius 1 is 1.21 bits per heavy atom. The third kappa shape index (κ3) is 3.87. The maximum absolute atomic E-state index is 14.4. The van der Waals surface area contributed by atoms with E-state index in [1.807, 2.05) is 6.20 Å². The Balaban J connectivity index is 1.18. The molecule has 2 N–H and O–H groups in total. The molecular formula is C24H26F2N4O3. The molecule has 2 unspecified atom stereocenters. The van der Waals surface area contributed by atoms with Gasteiger partial charge in [-0.05, 0) is 55.4 Å². The van der Waals surface area contributed by atoms with E-state index in [0.29, 0.717) is 30.8 Å². The highest BCUT2D eigenvalue weighted by molar-refractivity contribution is 5.65. The van der Waals surface area contributed by atoms with Crippen LogP contribution in [0.15, 0.2) is 24.4 Å². The Morgan fingerprint density at radius 3 is 2.85 bits per heavy atom. The number of likely N-dealkylation sites (tertiary alicyclic amines) is 1. The number of aromatic nitrogens is 2. The predicted molar refractivity (Wildman–Crippen MR) is 114 cm³/mol. The maximum atomic E-state index is 14.4. The number of carboxylic acid groups (broad SMARTS) is 1. The summed E-state index contributed by atoms with van der Waals surface area (Å²) in [6.07, 6.45) is 3.72. The summed E-state index contributed by atoms with van der Waals surface area (Å²) in [5.74, 6) is 1.19. The zero-order valence-electron chi connectivity index (χ0n) is 18.1. The van der Waals surface area contributed by atoms with Crippen LogP contribution in [0.25, 0.3) is 0 Å². The predicted octanol–water partition coefficient (Wildman–Crippen LogP) is 3.37. The summed E-state index contributed by atoms with van der Waals surface area (Å²) < 4.78 is 34.1. The topological polar surface area (TPSA) is 87.6 Å². The van der Waals surface area contributed by atoms with E-state index in [1.54, 1.807) is 0 Å². The fourth-order valence-corrected chi connectivity index (χ4v) is 5.87. The highest BCUT2D eigenvalue weighted by Gasteiger charge is 2.46. The fourth-order valence-electron chi connectivity index (χ4n) is 5.87. The number of halogens is 2. The summed E-state index contributed by atoms with van der Waals surface area (Å²) in [6, 6.07) is 2.50. The number of hydrogen-bond acceptors (Lipinski definition) is 5. The normalized spacial score (nSPS) is 31.3. The molecule has 5 atom stereocenters. The molecule has 2 saturated heterocycles. The van der Waals surface area contributed by atoms with E-state index >= 15 is 0 Å². The maximum Gasteiger partial charge on any atom is 0.404 e. The van der Waals surface area contributed by atoms with Crippen LogP contribution in [0.4, 0.5) is 13.6 Å². The minimum absolute atomic E-state index is 0.00424. The van der Waals surface area contributed by atoms with Gasteiger partial charge in [-0.2, -0.15) is 0 Å². The second-order valence-corrected chi connectivity index (χ2v) is 9.79. The van der Waals surface area contributed by atoms with Gasteiger partial charge in [0.25, 0.3) is 0 Å². The van der Waals surface area contributed by atoms with Crippen molar-refractivity contribution < 1.29 is 23.4 Å². The summed E-state index contributed by atoms with van der Waals surface area (Å²) in [7, 11) is 0. The van der Waals surface area contributed by atoms with Crippen LogP contribution in [0.3, 0.4) is 0 Å². The van der Waals surface area contributed by atoms with Gasteiger partial charge in [-0.1, -0.05) is 0 Å². The van der Waals surface area contributed by atoms with Gasteiger partial charge in [0.1, 0.15) is 23.6 Å². The van der Waals surface area contributed by atoms with Gasteiger partial charge in [-0.25, -0.2) is 23.5 Å². The lowest BCUT2D eigenvalue weighted by Gasteiger charge is -2.40. The molecule has 3 fully saturated rings. The van der Waals surface area contributed by atoms with Crippen molar-refractivity contribution >= 4 is 6.09 Å². The van der Waals surface area contributed by atoms with Crippen LogP contribution in [-0.4, -0.2) is 57.8 Å². The van der Waals surface area contributed by atoms with E-state index in [1.165, 1.54) is 24.1 Å². The molecule has 4 aliphatic rings. The smallest absolute Gasteiger partial charge is 0.404 e. The average molecular weight is 456 g/mol. The van der Waals surface area contributed by atoms with Gasteiger partial charge in [0.15, 0.2) is 0 Å². The van der Waals surface area contributed by atoms with Gasteiger partial charge in [-0.15, -0.1) is 0 Å². The van der Waals surface area contributed by atoms with Crippen molar-refractivity contribution in [2.45, 2.75) is 55.7 Å². The van der Waals surface area contributed by atoms with Crippen LogP contribution in [-0.2, 0) is 11.2 Å². The lowest BCUT2D eigenvalue weighted by atomic mass is 9.92. The van der Waals surface area contributed by atoms with Gasteiger partial charge in [0.2, 0.25) is 0 Å². The minimum Gasteiger partial charge on any atom is -0.465 e. The second-order valence-electron chi connectivity index (χ2n) is 9.79. The van der Waals surface area contributed by atoms with Crippen molar-refractivity contribution in [3.8, 4) is 0 Å². The van der Waals surface area contributed by atoms with Crippen LogP contribution in [0, 0.1) is 17.6 Å². The summed E-state index contributed by atoms with van der Waals surface area (Å²) >= 11 is 0. The van der Waals surface area contributed by atoms with Gasteiger partial charge in [0, 0.05) is 48.4 Å². The number of rotatable bonds is 4.